The number of hydrogen-bond donors (Lipinski definition) is 1. The van der Waals surface area contributed by atoms with Gasteiger partial charge in [0, 0.05) is 18.9 Å². The Bertz CT molecular complexity index is 512. The quantitative estimate of drug-likeness (QED) is 0.894. The van der Waals surface area contributed by atoms with E-state index in [9.17, 15) is 9.59 Å². The van der Waals surface area contributed by atoms with E-state index >= 15 is 0 Å². The summed E-state index contributed by atoms with van der Waals surface area (Å²) in [6.45, 7) is 6.23. The Hall–Kier alpha value is -1.91. The summed E-state index contributed by atoms with van der Waals surface area (Å²) in [4.78, 5) is 30.7. The number of carbonyl (C=O) groups is 2. The molecule has 21 heavy (non-hydrogen) atoms. The maximum Gasteiger partial charge on any atom is 0.248 e. The van der Waals surface area contributed by atoms with Crippen molar-refractivity contribution in [2.24, 2.45) is 0 Å². The van der Waals surface area contributed by atoms with Gasteiger partial charge < -0.3 is 10.2 Å². The van der Waals surface area contributed by atoms with E-state index in [1.807, 2.05) is 26.0 Å². The third-order valence-corrected chi connectivity index (χ3v) is 4.48. The first-order valence-electron chi connectivity index (χ1n) is 7.56. The Kier molecular flexibility index (Phi) is 4.60. The zero-order valence-corrected chi connectivity index (χ0v) is 12.9. The molecule has 5 nitrogen and oxygen atoms in total. The van der Waals surface area contributed by atoms with Crippen molar-refractivity contribution in [1.82, 2.24) is 15.2 Å². The van der Waals surface area contributed by atoms with Gasteiger partial charge in [-0.2, -0.15) is 0 Å². The van der Waals surface area contributed by atoms with Crippen LogP contribution in [-0.2, 0) is 16.0 Å². The molecule has 1 aliphatic heterocycles. The van der Waals surface area contributed by atoms with E-state index in [0.717, 1.165) is 12.0 Å². The Morgan fingerprint density at radius 1 is 1.24 bits per heavy atom. The first-order chi connectivity index (χ1) is 10.0. The first kappa shape index (κ1) is 15.5. The predicted molar refractivity (Wildman–Crippen MR) is 80.6 cm³/mol. The first-order valence-corrected chi connectivity index (χ1v) is 7.56. The second-order valence-electron chi connectivity index (χ2n) is 5.56. The lowest BCUT2D eigenvalue weighted by atomic mass is 9.87. The maximum absolute atomic E-state index is 12.8. The van der Waals surface area contributed by atoms with Gasteiger partial charge in [0.05, 0.1) is 0 Å². The molecular formula is C16H23N3O2. The lowest BCUT2D eigenvalue weighted by Crippen LogP contribution is -2.69. The van der Waals surface area contributed by atoms with Crippen molar-refractivity contribution in [3.63, 3.8) is 0 Å². The SMILES string of the molecule is CCC1(CC)NC(=O)C(C)N(CCc2ccncc2)C1=O. The van der Waals surface area contributed by atoms with E-state index in [-0.39, 0.29) is 11.8 Å². The van der Waals surface area contributed by atoms with Gasteiger partial charge in [-0.1, -0.05) is 13.8 Å². The van der Waals surface area contributed by atoms with E-state index in [2.05, 4.69) is 10.3 Å². The molecule has 0 saturated carbocycles. The minimum Gasteiger partial charge on any atom is -0.340 e. The highest BCUT2D eigenvalue weighted by Gasteiger charge is 2.46. The molecule has 0 radical (unpaired) electrons. The van der Waals surface area contributed by atoms with Crippen LogP contribution in [0.3, 0.4) is 0 Å². The summed E-state index contributed by atoms with van der Waals surface area (Å²) in [5.74, 6) is -0.0262. The van der Waals surface area contributed by atoms with Gasteiger partial charge >= 0.3 is 0 Å². The summed E-state index contributed by atoms with van der Waals surface area (Å²) in [5, 5.41) is 2.92. The van der Waals surface area contributed by atoms with Crippen LogP contribution < -0.4 is 5.32 Å². The van der Waals surface area contributed by atoms with Crippen LogP contribution in [0.1, 0.15) is 39.2 Å². The van der Waals surface area contributed by atoms with E-state index < -0.39 is 11.6 Å². The van der Waals surface area contributed by atoms with Crippen molar-refractivity contribution in [3.8, 4) is 0 Å². The van der Waals surface area contributed by atoms with Crippen molar-refractivity contribution >= 4 is 11.8 Å². The van der Waals surface area contributed by atoms with Crippen molar-refractivity contribution in [3.05, 3.63) is 30.1 Å². The number of amides is 2. The summed E-state index contributed by atoms with van der Waals surface area (Å²) in [5.41, 5.74) is 0.386. The topological polar surface area (TPSA) is 62.3 Å². The smallest absolute Gasteiger partial charge is 0.248 e. The van der Waals surface area contributed by atoms with Crippen LogP contribution in [0.5, 0.6) is 0 Å². The molecule has 0 aliphatic carbocycles. The Labute approximate surface area is 125 Å². The third kappa shape index (κ3) is 2.91. The molecule has 1 atom stereocenters. The van der Waals surface area contributed by atoms with Gasteiger partial charge in [0.15, 0.2) is 0 Å². The zero-order chi connectivity index (χ0) is 15.5. The van der Waals surface area contributed by atoms with Crippen molar-refractivity contribution in [1.29, 1.82) is 0 Å². The standard InChI is InChI=1S/C16H23N3O2/c1-4-16(5-2)15(21)19(12(3)14(20)18-16)11-8-13-6-9-17-10-7-13/h6-7,9-10,12H,4-5,8,11H2,1-3H3,(H,18,20). The number of rotatable bonds is 5. The number of pyridine rings is 1. The van der Waals surface area contributed by atoms with Crippen LogP contribution in [0.2, 0.25) is 0 Å². The molecule has 2 amide bonds. The van der Waals surface area contributed by atoms with Crippen LogP contribution in [0.15, 0.2) is 24.5 Å². The summed E-state index contributed by atoms with van der Waals surface area (Å²) >= 11 is 0. The third-order valence-electron chi connectivity index (χ3n) is 4.48. The highest BCUT2D eigenvalue weighted by Crippen LogP contribution is 2.25. The van der Waals surface area contributed by atoms with Crippen LogP contribution >= 0.6 is 0 Å². The summed E-state index contributed by atoms with van der Waals surface area (Å²) in [6.07, 6.45) is 5.45. The number of piperazine rings is 1. The second kappa shape index (κ2) is 6.24. The van der Waals surface area contributed by atoms with E-state index in [0.29, 0.717) is 19.4 Å². The van der Waals surface area contributed by atoms with Crippen molar-refractivity contribution < 1.29 is 9.59 Å². The lowest BCUT2D eigenvalue weighted by Gasteiger charge is -2.44. The number of hydrogen-bond acceptors (Lipinski definition) is 3. The predicted octanol–water partition coefficient (Wildman–Crippen LogP) is 1.53. The molecular weight excluding hydrogens is 266 g/mol. The van der Waals surface area contributed by atoms with Gasteiger partial charge in [0.25, 0.3) is 0 Å². The number of nitrogens with one attached hydrogen (secondary N) is 1. The molecule has 2 heterocycles. The van der Waals surface area contributed by atoms with E-state index in [4.69, 9.17) is 0 Å². The molecule has 1 aromatic rings. The molecule has 1 unspecified atom stereocenters. The minimum absolute atomic E-state index is 0.0358. The zero-order valence-electron chi connectivity index (χ0n) is 12.9. The molecule has 0 aromatic carbocycles. The second-order valence-corrected chi connectivity index (χ2v) is 5.56. The fourth-order valence-electron chi connectivity index (χ4n) is 2.81. The van der Waals surface area contributed by atoms with Crippen LogP contribution in [-0.4, -0.2) is 39.8 Å². The summed E-state index contributed by atoms with van der Waals surface area (Å²) < 4.78 is 0. The molecule has 1 N–H and O–H groups in total. The fourth-order valence-corrected chi connectivity index (χ4v) is 2.81. The Balaban J connectivity index is 2.15. The molecule has 5 heteroatoms. The molecule has 0 spiro atoms. The van der Waals surface area contributed by atoms with E-state index in [1.165, 1.54) is 0 Å². The summed E-state index contributed by atoms with van der Waals surface area (Å²) in [6, 6.07) is 3.46. The van der Waals surface area contributed by atoms with Crippen LogP contribution in [0, 0.1) is 0 Å². The Morgan fingerprint density at radius 2 is 1.86 bits per heavy atom. The monoisotopic (exact) mass is 289 g/mol. The van der Waals surface area contributed by atoms with Gasteiger partial charge in [-0.15, -0.1) is 0 Å². The Morgan fingerprint density at radius 3 is 2.43 bits per heavy atom. The van der Waals surface area contributed by atoms with Crippen molar-refractivity contribution in [2.45, 2.75) is 51.6 Å². The highest BCUT2D eigenvalue weighted by molar-refractivity contribution is 5.99. The maximum atomic E-state index is 12.8. The molecule has 2 rings (SSSR count). The summed E-state index contributed by atoms with van der Waals surface area (Å²) in [7, 11) is 0. The van der Waals surface area contributed by atoms with Gasteiger partial charge in [-0.25, -0.2) is 0 Å². The largest absolute Gasteiger partial charge is 0.340 e. The molecule has 114 valence electrons. The van der Waals surface area contributed by atoms with Crippen LogP contribution in [0.25, 0.3) is 0 Å². The molecule has 0 bridgehead atoms. The van der Waals surface area contributed by atoms with E-state index in [1.54, 1.807) is 24.2 Å². The fraction of sp³-hybridized carbons (Fsp3) is 0.562. The van der Waals surface area contributed by atoms with Crippen LogP contribution in [0.4, 0.5) is 0 Å². The molecule has 1 aromatic heterocycles. The number of carbonyl (C=O) groups excluding carboxylic acids is 2. The number of nitrogens with zero attached hydrogens (tertiary/aromatic N) is 2. The number of aromatic nitrogens is 1. The molecule has 1 fully saturated rings. The van der Waals surface area contributed by atoms with Crippen molar-refractivity contribution in [2.75, 3.05) is 6.54 Å². The van der Waals surface area contributed by atoms with Gasteiger partial charge in [0.1, 0.15) is 11.6 Å². The van der Waals surface area contributed by atoms with Gasteiger partial charge in [-0.3, -0.25) is 14.6 Å². The average Bonchev–Trinajstić information content (AvgIpc) is 2.52. The van der Waals surface area contributed by atoms with Gasteiger partial charge in [0.2, 0.25) is 11.8 Å². The lowest BCUT2D eigenvalue weighted by molar-refractivity contribution is -0.154. The minimum atomic E-state index is -0.734. The van der Waals surface area contributed by atoms with Gasteiger partial charge in [-0.05, 0) is 43.9 Å². The molecule has 1 saturated heterocycles. The average molecular weight is 289 g/mol. The highest BCUT2D eigenvalue weighted by atomic mass is 16.2. The normalized spacial score (nSPS) is 21.3. The molecule has 1 aliphatic rings.